The highest BCUT2D eigenvalue weighted by molar-refractivity contribution is 7.89. The fraction of sp³-hybridized carbons (Fsp3) is 0.588. The minimum Gasteiger partial charge on any atom is -0.356 e. The first kappa shape index (κ1) is 20.4. The molecule has 0 aliphatic heterocycles. The van der Waals surface area contributed by atoms with E-state index < -0.39 is 10.0 Å². The van der Waals surface area contributed by atoms with Gasteiger partial charge in [0.1, 0.15) is 0 Å². The Morgan fingerprint density at radius 1 is 1.21 bits per heavy atom. The van der Waals surface area contributed by atoms with E-state index in [0.717, 1.165) is 24.9 Å². The molecule has 0 spiro atoms. The van der Waals surface area contributed by atoms with Gasteiger partial charge in [-0.05, 0) is 30.4 Å². The number of guanidine groups is 1. The van der Waals surface area contributed by atoms with Crippen molar-refractivity contribution in [1.29, 1.82) is 0 Å². The second kappa shape index (κ2) is 9.64. The third kappa shape index (κ3) is 6.13. The largest absolute Gasteiger partial charge is 0.356 e. The zero-order valence-corrected chi connectivity index (χ0v) is 16.2. The second-order valence-electron chi connectivity index (χ2n) is 6.28. The van der Waals surface area contributed by atoms with Crippen molar-refractivity contribution in [3.63, 3.8) is 0 Å². The van der Waals surface area contributed by atoms with Crippen molar-refractivity contribution in [3.8, 4) is 0 Å². The molecule has 1 aromatic carbocycles. The molecule has 0 aliphatic carbocycles. The van der Waals surface area contributed by atoms with Crippen molar-refractivity contribution in [1.82, 2.24) is 14.9 Å². The molecule has 0 radical (unpaired) electrons. The standard InChI is InChI=1S/C17H30N4O2S/c1-14(2)9-8-12-19-17(18-3)20-13-15-10-6-7-11-16(15)24(22,23)21(4)5/h6-7,10-11,14H,8-9,12-13H2,1-5H3,(H2,18,19,20). The van der Waals surface area contributed by atoms with Gasteiger partial charge in [0.15, 0.2) is 5.96 Å². The Morgan fingerprint density at radius 2 is 1.88 bits per heavy atom. The van der Waals surface area contributed by atoms with Gasteiger partial charge >= 0.3 is 0 Å². The van der Waals surface area contributed by atoms with Gasteiger partial charge in [-0.15, -0.1) is 0 Å². The Bertz CT molecular complexity index is 640. The van der Waals surface area contributed by atoms with Gasteiger partial charge in [0.25, 0.3) is 0 Å². The third-order valence-electron chi connectivity index (χ3n) is 3.65. The van der Waals surface area contributed by atoms with Gasteiger partial charge in [-0.1, -0.05) is 32.0 Å². The summed E-state index contributed by atoms with van der Waals surface area (Å²) >= 11 is 0. The van der Waals surface area contributed by atoms with E-state index in [0.29, 0.717) is 23.3 Å². The molecule has 6 nitrogen and oxygen atoms in total. The average molecular weight is 355 g/mol. The van der Waals surface area contributed by atoms with Crippen molar-refractivity contribution in [2.45, 2.75) is 38.1 Å². The molecule has 7 heteroatoms. The molecule has 0 heterocycles. The normalized spacial score (nSPS) is 12.7. The molecule has 136 valence electrons. The molecule has 0 amide bonds. The first-order chi connectivity index (χ1) is 11.3. The smallest absolute Gasteiger partial charge is 0.242 e. The van der Waals surface area contributed by atoms with Crippen LogP contribution in [0.3, 0.4) is 0 Å². The zero-order valence-electron chi connectivity index (χ0n) is 15.3. The number of hydrogen-bond acceptors (Lipinski definition) is 3. The van der Waals surface area contributed by atoms with Gasteiger partial charge in [-0.25, -0.2) is 12.7 Å². The summed E-state index contributed by atoms with van der Waals surface area (Å²) < 4.78 is 26.0. The summed E-state index contributed by atoms with van der Waals surface area (Å²) in [6.45, 7) is 5.65. The minimum atomic E-state index is -3.46. The number of aliphatic imine (C=N–C) groups is 1. The van der Waals surface area contributed by atoms with Crippen LogP contribution in [0.5, 0.6) is 0 Å². The van der Waals surface area contributed by atoms with Crippen LogP contribution < -0.4 is 10.6 Å². The lowest BCUT2D eigenvalue weighted by atomic mass is 10.1. The van der Waals surface area contributed by atoms with Crippen LogP contribution in [0.15, 0.2) is 34.2 Å². The Morgan fingerprint density at radius 3 is 2.46 bits per heavy atom. The fourth-order valence-corrected chi connectivity index (χ4v) is 3.33. The summed E-state index contributed by atoms with van der Waals surface area (Å²) in [6.07, 6.45) is 2.23. The summed E-state index contributed by atoms with van der Waals surface area (Å²) in [4.78, 5) is 4.50. The SMILES string of the molecule is CN=C(NCCCC(C)C)NCc1ccccc1S(=O)(=O)N(C)C. The van der Waals surface area contributed by atoms with Gasteiger partial charge < -0.3 is 10.6 Å². The summed E-state index contributed by atoms with van der Waals surface area (Å²) in [5.41, 5.74) is 0.719. The zero-order chi connectivity index (χ0) is 18.2. The molecular formula is C17H30N4O2S. The van der Waals surface area contributed by atoms with Gasteiger partial charge in [0.05, 0.1) is 4.90 Å². The molecular weight excluding hydrogens is 324 g/mol. The van der Waals surface area contributed by atoms with E-state index in [1.54, 1.807) is 19.2 Å². The first-order valence-electron chi connectivity index (χ1n) is 8.24. The minimum absolute atomic E-state index is 0.317. The predicted octanol–water partition coefficient (Wildman–Crippen LogP) is 2.04. The number of sulfonamides is 1. The molecule has 0 fully saturated rings. The van der Waals surface area contributed by atoms with Crippen LogP contribution in [-0.4, -0.2) is 46.4 Å². The van der Waals surface area contributed by atoms with E-state index in [1.807, 2.05) is 12.1 Å². The lowest BCUT2D eigenvalue weighted by Crippen LogP contribution is -2.37. The fourth-order valence-electron chi connectivity index (χ4n) is 2.21. The summed E-state index contributed by atoms with van der Waals surface area (Å²) in [5, 5.41) is 6.44. The van der Waals surface area contributed by atoms with Crippen molar-refractivity contribution in [2.24, 2.45) is 10.9 Å². The van der Waals surface area contributed by atoms with E-state index in [9.17, 15) is 8.42 Å². The number of nitrogens with zero attached hydrogens (tertiary/aromatic N) is 2. The molecule has 0 bridgehead atoms. The van der Waals surface area contributed by atoms with Crippen LogP contribution in [0.1, 0.15) is 32.3 Å². The third-order valence-corrected chi connectivity index (χ3v) is 5.57. The molecule has 24 heavy (non-hydrogen) atoms. The Kier molecular flexibility index (Phi) is 8.21. The van der Waals surface area contributed by atoms with Gasteiger partial charge in [-0.2, -0.15) is 0 Å². The lowest BCUT2D eigenvalue weighted by molar-refractivity contribution is 0.519. The van der Waals surface area contributed by atoms with E-state index in [1.165, 1.54) is 18.4 Å². The molecule has 0 saturated carbocycles. The lowest BCUT2D eigenvalue weighted by Gasteiger charge is -2.17. The molecule has 0 atom stereocenters. The maximum atomic E-state index is 12.4. The molecule has 2 N–H and O–H groups in total. The number of hydrogen-bond donors (Lipinski definition) is 2. The van der Waals surface area contributed by atoms with Gasteiger partial charge in [-0.3, -0.25) is 4.99 Å². The highest BCUT2D eigenvalue weighted by Crippen LogP contribution is 2.18. The maximum Gasteiger partial charge on any atom is 0.242 e. The van der Waals surface area contributed by atoms with Crippen molar-refractivity contribution < 1.29 is 8.42 Å². The van der Waals surface area contributed by atoms with E-state index >= 15 is 0 Å². The molecule has 0 aromatic heterocycles. The number of rotatable bonds is 8. The van der Waals surface area contributed by atoms with Gasteiger partial charge in [0, 0.05) is 34.2 Å². The van der Waals surface area contributed by atoms with Crippen LogP contribution in [0, 0.1) is 5.92 Å². The molecule has 0 unspecified atom stereocenters. The summed E-state index contributed by atoms with van der Waals surface area (Å²) in [7, 11) is 1.32. The highest BCUT2D eigenvalue weighted by atomic mass is 32.2. The predicted molar refractivity (Wildman–Crippen MR) is 99.6 cm³/mol. The molecule has 1 rings (SSSR count). The van der Waals surface area contributed by atoms with Crippen LogP contribution in [0.4, 0.5) is 0 Å². The molecule has 0 aliphatic rings. The van der Waals surface area contributed by atoms with Crippen LogP contribution in [-0.2, 0) is 16.6 Å². The summed E-state index contributed by atoms with van der Waals surface area (Å²) in [5.74, 6) is 1.36. The topological polar surface area (TPSA) is 73.8 Å². The Labute approximate surface area is 146 Å². The Balaban J connectivity index is 2.70. The van der Waals surface area contributed by atoms with Gasteiger partial charge in [0.2, 0.25) is 10.0 Å². The van der Waals surface area contributed by atoms with Crippen LogP contribution in [0.25, 0.3) is 0 Å². The van der Waals surface area contributed by atoms with E-state index in [-0.39, 0.29) is 0 Å². The average Bonchev–Trinajstić information content (AvgIpc) is 2.54. The second-order valence-corrected chi connectivity index (χ2v) is 8.40. The first-order valence-corrected chi connectivity index (χ1v) is 9.68. The number of benzene rings is 1. The van der Waals surface area contributed by atoms with Crippen molar-refractivity contribution >= 4 is 16.0 Å². The molecule has 0 saturated heterocycles. The van der Waals surface area contributed by atoms with E-state index in [2.05, 4.69) is 29.5 Å². The molecule has 1 aromatic rings. The summed E-state index contributed by atoms with van der Waals surface area (Å²) in [6, 6.07) is 7.02. The maximum absolute atomic E-state index is 12.4. The quantitative estimate of drug-likeness (QED) is 0.426. The van der Waals surface area contributed by atoms with Crippen LogP contribution in [0.2, 0.25) is 0 Å². The van der Waals surface area contributed by atoms with Crippen molar-refractivity contribution in [2.75, 3.05) is 27.7 Å². The highest BCUT2D eigenvalue weighted by Gasteiger charge is 2.20. The van der Waals surface area contributed by atoms with Crippen molar-refractivity contribution in [3.05, 3.63) is 29.8 Å². The Hall–Kier alpha value is -1.60. The monoisotopic (exact) mass is 354 g/mol. The number of nitrogens with one attached hydrogen (secondary N) is 2. The van der Waals surface area contributed by atoms with Crippen LogP contribution >= 0.6 is 0 Å². The van der Waals surface area contributed by atoms with E-state index in [4.69, 9.17) is 0 Å².